The SMILES string of the molecule is COc1cccc(OC)c1C1=C[CH]([Zr]([CH]2C(C)=C(C)C(C)=C2C)=[Si](C)C)c2ccccc21. The first-order chi connectivity index (χ1) is 15.3. The molecule has 0 radical (unpaired) electrons. The molecule has 166 valence electrons. The number of fused-ring (bicyclic) bond motifs is 1. The van der Waals surface area contributed by atoms with Crippen molar-refractivity contribution < 1.29 is 29.8 Å². The summed E-state index contributed by atoms with van der Waals surface area (Å²) < 4.78 is 12.9. The van der Waals surface area contributed by atoms with E-state index in [4.69, 9.17) is 9.47 Å². The molecule has 1 unspecified atom stereocenters. The van der Waals surface area contributed by atoms with Crippen LogP contribution in [-0.2, 0) is 20.4 Å². The summed E-state index contributed by atoms with van der Waals surface area (Å²) >= 11 is -1.98. The van der Waals surface area contributed by atoms with E-state index >= 15 is 0 Å². The molecule has 0 aromatic heterocycles. The molecule has 0 amide bonds. The Morgan fingerprint density at radius 1 is 0.781 bits per heavy atom. The maximum absolute atomic E-state index is 5.81. The molecule has 0 saturated carbocycles. The second-order valence-corrected chi connectivity index (χ2v) is 27.2. The number of hydrogen-bond acceptors (Lipinski definition) is 2. The fraction of sp³-hybridized carbons (Fsp3) is 0.357. The van der Waals surface area contributed by atoms with E-state index in [9.17, 15) is 0 Å². The van der Waals surface area contributed by atoms with E-state index in [0.29, 0.717) is 3.63 Å². The Bertz CT molecular complexity index is 1170. The normalized spacial score (nSPS) is 18.1. The summed E-state index contributed by atoms with van der Waals surface area (Å²) in [5.41, 5.74) is 11.2. The fourth-order valence-electron chi connectivity index (χ4n) is 5.55. The minimum absolute atomic E-state index is 0.406. The second-order valence-electron chi connectivity index (χ2n) is 9.19. The van der Waals surface area contributed by atoms with E-state index in [1.165, 1.54) is 27.8 Å². The van der Waals surface area contributed by atoms with Crippen LogP contribution in [0.5, 0.6) is 11.5 Å². The third-order valence-corrected chi connectivity index (χ3v) is 27.1. The van der Waals surface area contributed by atoms with Gasteiger partial charge in [0.15, 0.2) is 0 Å². The zero-order chi connectivity index (χ0) is 23.2. The molecule has 0 fully saturated rings. The van der Waals surface area contributed by atoms with Gasteiger partial charge in [-0.1, -0.05) is 0 Å². The van der Waals surface area contributed by atoms with Crippen molar-refractivity contribution in [2.75, 3.05) is 14.2 Å². The Labute approximate surface area is 201 Å². The zero-order valence-electron chi connectivity index (χ0n) is 20.6. The molecule has 4 heteroatoms. The summed E-state index contributed by atoms with van der Waals surface area (Å²) in [5, 5.41) is 0. The van der Waals surface area contributed by atoms with Crippen molar-refractivity contribution in [3.63, 3.8) is 0 Å². The van der Waals surface area contributed by atoms with Gasteiger partial charge in [0.1, 0.15) is 0 Å². The Balaban J connectivity index is 1.96. The summed E-state index contributed by atoms with van der Waals surface area (Å²) in [6.45, 7) is 14.6. The molecule has 4 rings (SSSR count). The predicted octanol–water partition coefficient (Wildman–Crippen LogP) is 7.53. The van der Waals surface area contributed by atoms with Crippen LogP contribution in [0.1, 0.15) is 48.0 Å². The second kappa shape index (κ2) is 9.31. The van der Waals surface area contributed by atoms with Gasteiger partial charge < -0.3 is 0 Å². The Morgan fingerprint density at radius 2 is 1.34 bits per heavy atom. The van der Waals surface area contributed by atoms with Crippen molar-refractivity contribution in [2.45, 2.75) is 48.0 Å². The van der Waals surface area contributed by atoms with E-state index in [2.05, 4.69) is 71.1 Å². The third kappa shape index (κ3) is 3.74. The molecular formula is C28H34O2SiZr. The fourth-order valence-corrected chi connectivity index (χ4v) is 26.1. The molecule has 0 spiro atoms. The Kier molecular flexibility index (Phi) is 6.84. The quantitative estimate of drug-likeness (QED) is 0.379. The van der Waals surface area contributed by atoms with Crippen LogP contribution in [0.4, 0.5) is 0 Å². The molecule has 32 heavy (non-hydrogen) atoms. The molecule has 2 nitrogen and oxygen atoms in total. The molecule has 0 saturated heterocycles. The van der Waals surface area contributed by atoms with E-state index in [0.717, 1.165) is 20.7 Å². The van der Waals surface area contributed by atoms with Gasteiger partial charge in [0.05, 0.1) is 0 Å². The number of allylic oxidation sites excluding steroid dienone is 5. The Morgan fingerprint density at radius 3 is 1.88 bits per heavy atom. The first kappa shape index (κ1) is 23.5. The number of benzene rings is 2. The minimum atomic E-state index is -1.98. The van der Waals surface area contributed by atoms with Crippen LogP contribution in [0.2, 0.25) is 16.7 Å². The molecule has 1 atom stereocenters. The van der Waals surface area contributed by atoms with Gasteiger partial charge in [0, 0.05) is 0 Å². The predicted molar refractivity (Wildman–Crippen MR) is 134 cm³/mol. The molecule has 2 aromatic carbocycles. The summed E-state index contributed by atoms with van der Waals surface area (Å²) in [6, 6.07) is 15.2. The van der Waals surface area contributed by atoms with Gasteiger partial charge in [-0.05, 0) is 0 Å². The molecular weight excluding hydrogens is 488 g/mol. The number of hydrogen-bond donors (Lipinski definition) is 0. The van der Waals surface area contributed by atoms with Crippen LogP contribution < -0.4 is 9.47 Å². The van der Waals surface area contributed by atoms with Crippen molar-refractivity contribution in [1.29, 1.82) is 0 Å². The topological polar surface area (TPSA) is 18.5 Å². The first-order valence-corrected chi connectivity index (χ1v) is 20.4. The molecule has 0 N–H and O–H groups in total. The number of methoxy groups -OCH3 is 2. The van der Waals surface area contributed by atoms with E-state index in [1.807, 2.05) is 18.2 Å². The summed E-state index contributed by atoms with van der Waals surface area (Å²) in [5.74, 6) is 1.77. The average molecular weight is 522 g/mol. The van der Waals surface area contributed by atoms with Crippen LogP contribution in [0.15, 0.2) is 70.8 Å². The van der Waals surface area contributed by atoms with Crippen LogP contribution >= 0.6 is 0 Å². The average Bonchev–Trinajstić information content (AvgIpc) is 3.26. The summed E-state index contributed by atoms with van der Waals surface area (Å²) in [6.07, 6.45) is 2.60. The van der Waals surface area contributed by atoms with Gasteiger partial charge in [-0.15, -0.1) is 0 Å². The zero-order valence-corrected chi connectivity index (χ0v) is 24.0. The van der Waals surface area contributed by atoms with Crippen molar-refractivity contribution in [2.24, 2.45) is 0 Å². The van der Waals surface area contributed by atoms with Crippen molar-refractivity contribution in [3.8, 4) is 11.5 Å². The van der Waals surface area contributed by atoms with Gasteiger partial charge >= 0.3 is 202 Å². The molecule has 2 aliphatic carbocycles. The van der Waals surface area contributed by atoms with Gasteiger partial charge in [-0.2, -0.15) is 0 Å². The first-order valence-electron chi connectivity index (χ1n) is 11.4. The van der Waals surface area contributed by atoms with Crippen LogP contribution in [0.25, 0.3) is 5.57 Å². The van der Waals surface area contributed by atoms with E-state index < -0.39 is 25.8 Å². The summed E-state index contributed by atoms with van der Waals surface area (Å²) in [4.78, 5) is 0. The van der Waals surface area contributed by atoms with Crippen molar-refractivity contribution >= 4 is 11.0 Å². The molecule has 0 aliphatic heterocycles. The molecule has 0 heterocycles. The van der Waals surface area contributed by atoms with Gasteiger partial charge in [0.25, 0.3) is 0 Å². The molecule has 2 aliphatic rings. The van der Waals surface area contributed by atoms with Crippen LogP contribution in [0.3, 0.4) is 0 Å². The maximum atomic E-state index is 5.81. The van der Waals surface area contributed by atoms with Crippen LogP contribution in [-0.4, -0.2) is 19.7 Å². The monoisotopic (exact) mass is 520 g/mol. The summed E-state index contributed by atoms with van der Waals surface area (Å²) in [7, 11) is 3.51. The molecule has 0 bridgehead atoms. The van der Waals surface area contributed by atoms with Crippen molar-refractivity contribution in [1.82, 2.24) is 0 Å². The number of ether oxygens (including phenoxy) is 2. The third-order valence-electron chi connectivity index (χ3n) is 7.45. The van der Waals surface area contributed by atoms with Gasteiger partial charge in [-0.3, -0.25) is 0 Å². The van der Waals surface area contributed by atoms with E-state index in [-0.39, 0.29) is 0 Å². The van der Waals surface area contributed by atoms with Crippen LogP contribution in [0, 0.1) is 0 Å². The van der Waals surface area contributed by atoms with E-state index in [1.54, 1.807) is 25.4 Å². The Hall–Kier alpha value is -1.64. The van der Waals surface area contributed by atoms with Gasteiger partial charge in [-0.25, -0.2) is 0 Å². The van der Waals surface area contributed by atoms with Crippen molar-refractivity contribution in [3.05, 3.63) is 87.5 Å². The standard InChI is InChI=1S/C17H15O2.C9H13.C2H6Si.Zr/c1-18-15-8-5-9-16(19-2)17(15)14-11-10-12-6-3-4-7-13(12)14;1-6-5-7(2)9(4)8(6)3;1-3-2;/h3-11H,1-2H3;5H,1-4H3;1-2H3;. The van der Waals surface area contributed by atoms with Gasteiger partial charge in [0.2, 0.25) is 0 Å². The number of rotatable bonds is 5. The molecule has 2 aromatic rings.